The van der Waals surface area contributed by atoms with Crippen LogP contribution in [-0.4, -0.2) is 41.7 Å². The zero-order chi connectivity index (χ0) is 14.3. The Balaban J connectivity index is 2.48. The summed E-state index contributed by atoms with van der Waals surface area (Å²) in [4.78, 5) is 12.7. The smallest absolute Gasteiger partial charge is 0.317 e. The van der Waals surface area contributed by atoms with Crippen molar-refractivity contribution in [3.63, 3.8) is 0 Å². The number of hydrogen-bond acceptors (Lipinski definition) is 3. The van der Waals surface area contributed by atoms with Gasteiger partial charge in [0.05, 0.1) is 11.6 Å². The molecule has 0 saturated carbocycles. The molecule has 0 aliphatic heterocycles. The number of benzene rings is 1. The predicted octanol–water partition coefficient (Wildman–Crippen LogP) is 2.90. The molecular formula is C14H20ClNO3. The fraction of sp³-hybridized carbons (Fsp3) is 0.500. The zero-order valence-electron chi connectivity index (χ0n) is 11.3. The van der Waals surface area contributed by atoms with Crippen molar-refractivity contribution in [1.29, 1.82) is 0 Å². The molecule has 0 amide bonds. The van der Waals surface area contributed by atoms with Gasteiger partial charge in [0, 0.05) is 12.6 Å². The van der Waals surface area contributed by atoms with Crippen LogP contribution in [0.15, 0.2) is 24.3 Å². The van der Waals surface area contributed by atoms with Gasteiger partial charge in [-0.2, -0.15) is 0 Å². The summed E-state index contributed by atoms with van der Waals surface area (Å²) in [5, 5.41) is 9.45. The second-order valence-electron chi connectivity index (χ2n) is 4.40. The molecule has 0 aliphatic rings. The van der Waals surface area contributed by atoms with Gasteiger partial charge in [-0.25, -0.2) is 0 Å². The number of hydrogen-bond donors (Lipinski definition) is 1. The van der Waals surface area contributed by atoms with Gasteiger partial charge in [-0.05, 0) is 25.5 Å². The average molecular weight is 286 g/mol. The van der Waals surface area contributed by atoms with E-state index < -0.39 is 5.97 Å². The summed E-state index contributed by atoms with van der Waals surface area (Å²) < 4.78 is 5.58. The average Bonchev–Trinajstić information content (AvgIpc) is 2.38. The quantitative estimate of drug-likeness (QED) is 0.798. The Morgan fingerprint density at radius 2 is 2.16 bits per heavy atom. The van der Waals surface area contributed by atoms with E-state index in [0.717, 1.165) is 6.42 Å². The third kappa shape index (κ3) is 5.49. The molecule has 0 saturated heterocycles. The minimum absolute atomic E-state index is 0.0287. The van der Waals surface area contributed by atoms with Gasteiger partial charge >= 0.3 is 5.97 Å². The molecule has 0 fully saturated rings. The normalized spacial score (nSPS) is 12.4. The highest BCUT2D eigenvalue weighted by atomic mass is 35.5. The Morgan fingerprint density at radius 1 is 1.47 bits per heavy atom. The lowest BCUT2D eigenvalue weighted by Gasteiger charge is -2.26. The predicted molar refractivity (Wildman–Crippen MR) is 75.9 cm³/mol. The summed E-state index contributed by atoms with van der Waals surface area (Å²) in [5.41, 5.74) is 0. The molecule has 1 N–H and O–H groups in total. The summed E-state index contributed by atoms with van der Waals surface area (Å²) in [5.74, 6) is -0.193. The first kappa shape index (κ1) is 15.8. The standard InChI is InChI=1S/C14H20ClNO3/c1-3-11(2)16(10-14(17)18)8-9-19-13-7-5-4-6-12(13)15/h4-7,11H,3,8-10H2,1-2H3,(H,17,18). The van der Waals surface area contributed by atoms with Crippen molar-refractivity contribution in [2.75, 3.05) is 19.7 Å². The van der Waals surface area contributed by atoms with Gasteiger partial charge in [0.1, 0.15) is 12.4 Å². The Morgan fingerprint density at radius 3 is 2.74 bits per heavy atom. The van der Waals surface area contributed by atoms with Crippen molar-refractivity contribution in [2.45, 2.75) is 26.3 Å². The second-order valence-corrected chi connectivity index (χ2v) is 4.81. The maximum absolute atomic E-state index is 10.8. The third-order valence-electron chi connectivity index (χ3n) is 3.03. The van der Waals surface area contributed by atoms with Crippen LogP contribution in [-0.2, 0) is 4.79 Å². The molecule has 0 spiro atoms. The second kappa shape index (κ2) is 8.02. The number of rotatable bonds is 8. The molecule has 19 heavy (non-hydrogen) atoms. The molecule has 4 nitrogen and oxygen atoms in total. The molecule has 1 aromatic rings. The van der Waals surface area contributed by atoms with E-state index in [-0.39, 0.29) is 12.6 Å². The van der Waals surface area contributed by atoms with Crippen LogP contribution in [0, 0.1) is 0 Å². The fourth-order valence-corrected chi connectivity index (χ4v) is 1.91. The number of halogens is 1. The van der Waals surface area contributed by atoms with E-state index in [4.69, 9.17) is 21.4 Å². The van der Waals surface area contributed by atoms with Gasteiger partial charge in [0.25, 0.3) is 0 Å². The third-order valence-corrected chi connectivity index (χ3v) is 3.34. The first-order valence-corrected chi connectivity index (χ1v) is 6.75. The van der Waals surface area contributed by atoms with Crippen molar-refractivity contribution in [1.82, 2.24) is 4.90 Å². The summed E-state index contributed by atoms with van der Waals surface area (Å²) in [7, 11) is 0. The topological polar surface area (TPSA) is 49.8 Å². The lowest BCUT2D eigenvalue weighted by Crippen LogP contribution is -2.39. The van der Waals surface area contributed by atoms with Gasteiger partial charge in [0.15, 0.2) is 0 Å². The van der Waals surface area contributed by atoms with Gasteiger partial charge in [0.2, 0.25) is 0 Å². The highest BCUT2D eigenvalue weighted by Gasteiger charge is 2.15. The minimum atomic E-state index is -0.821. The van der Waals surface area contributed by atoms with Crippen molar-refractivity contribution >= 4 is 17.6 Å². The highest BCUT2D eigenvalue weighted by molar-refractivity contribution is 6.32. The van der Waals surface area contributed by atoms with Crippen LogP contribution in [0.25, 0.3) is 0 Å². The van der Waals surface area contributed by atoms with E-state index in [1.54, 1.807) is 12.1 Å². The van der Waals surface area contributed by atoms with E-state index in [2.05, 4.69) is 0 Å². The van der Waals surface area contributed by atoms with E-state index in [9.17, 15) is 4.79 Å². The van der Waals surface area contributed by atoms with E-state index >= 15 is 0 Å². The van der Waals surface area contributed by atoms with Crippen molar-refractivity contribution in [3.05, 3.63) is 29.3 Å². The monoisotopic (exact) mass is 285 g/mol. The van der Waals surface area contributed by atoms with Crippen molar-refractivity contribution < 1.29 is 14.6 Å². The Hall–Kier alpha value is -1.26. The number of para-hydroxylation sites is 1. The molecule has 0 bridgehead atoms. The summed E-state index contributed by atoms with van der Waals surface area (Å²) >= 11 is 5.98. The van der Waals surface area contributed by atoms with Crippen LogP contribution in [0.5, 0.6) is 5.75 Å². The summed E-state index contributed by atoms with van der Waals surface area (Å²) in [6.45, 7) is 5.06. The largest absolute Gasteiger partial charge is 0.491 e. The molecule has 0 aromatic heterocycles. The number of aliphatic carboxylic acids is 1. The maximum Gasteiger partial charge on any atom is 0.317 e. The molecule has 1 unspecified atom stereocenters. The van der Waals surface area contributed by atoms with E-state index in [1.165, 1.54) is 0 Å². The van der Waals surface area contributed by atoms with Crippen LogP contribution in [0.1, 0.15) is 20.3 Å². The molecule has 0 aliphatic carbocycles. The van der Waals surface area contributed by atoms with Gasteiger partial charge in [-0.3, -0.25) is 9.69 Å². The van der Waals surface area contributed by atoms with E-state index in [1.807, 2.05) is 30.9 Å². The van der Waals surface area contributed by atoms with Crippen molar-refractivity contribution in [3.8, 4) is 5.75 Å². The van der Waals surface area contributed by atoms with Crippen LogP contribution in [0.3, 0.4) is 0 Å². The zero-order valence-corrected chi connectivity index (χ0v) is 12.1. The molecule has 5 heteroatoms. The molecule has 0 heterocycles. The van der Waals surface area contributed by atoms with Crippen LogP contribution < -0.4 is 4.74 Å². The number of carboxylic acids is 1. The van der Waals surface area contributed by atoms with Crippen LogP contribution in [0.4, 0.5) is 0 Å². The SMILES string of the molecule is CCC(C)N(CCOc1ccccc1Cl)CC(=O)O. The first-order valence-electron chi connectivity index (χ1n) is 6.37. The molecule has 1 rings (SSSR count). The highest BCUT2D eigenvalue weighted by Crippen LogP contribution is 2.22. The first-order chi connectivity index (χ1) is 9.04. The molecular weight excluding hydrogens is 266 g/mol. The lowest BCUT2D eigenvalue weighted by atomic mass is 10.2. The number of nitrogens with zero attached hydrogens (tertiary/aromatic N) is 1. The fourth-order valence-electron chi connectivity index (χ4n) is 1.72. The summed E-state index contributed by atoms with van der Waals surface area (Å²) in [6, 6.07) is 7.47. The number of carboxylic acid groups (broad SMARTS) is 1. The van der Waals surface area contributed by atoms with Crippen LogP contribution >= 0.6 is 11.6 Å². The molecule has 1 aromatic carbocycles. The number of carbonyl (C=O) groups is 1. The minimum Gasteiger partial charge on any atom is -0.491 e. The maximum atomic E-state index is 10.8. The number of ether oxygens (including phenoxy) is 1. The van der Waals surface area contributed by atoms with Gasteiger partial charge in [-0.1, -0.05) is 30.7 Å². The summed E-state index contributed by atoms with van der Waals surface area (Å²) in [6.07, 6.45) is 0.902. The lowest BCUT2D eigenvalue weighted by molar-refractivity contribution is -0.139. The molecule has 106 valence electrons. The van der Waals surface area contributed by atoms with Crippen molar-refractivity contribution in [2.24, 2.45) is 0 Å². The van der Waals surface area contributed by atoms with E-state index in [0.29, 0.717) is 23.9 Å². The molecule has 0 radical (unpaired) electrons. The van der Waals surface area contributed by atoms with Crippen LogP contribution in [0.2, 0.25) is 5.02 Å². The Bertz CT molecular complexity index is 411. The Labute approximate surface area is 118 Å². The Kier molecular flexibility index (Phi) is 6.67. The van der Waals surface area contributed by atoms with Gasteiger partial charge in [-0.15, -0.1) is 0 Å². The molecule has 1 atom stereocenters. The van der Waals surface area contributed by atoms with Gasteiger partial charge < -0.3 is 9.84 Å².